The monoisotopic (exact) mass is 389 g/mol. The molecule has 1 N–H and O–H groups in total. The van der Waals surface area contributed by atoms with E-state index in [1.807, 2.05) is 0 Å². The first-order chi connectivity index (χ1) is 12.7. The summed E-state index contributed by atoms with van der Waals surface area (Å²) in [4.78, 5) is 13.2. The van der Waals surface area contributed by atoms with Crippen LogP contribution in [0.1, 0.15) is 36.8 Å². The Hall–Kier alpha value is -1.88. The molecule has 27 heavy (non-hydrogen) atoms. The molecule has 2 aromatic carbocycles. The topological polar surface area (TPSA) is 49.8 Å². The van der Waals surface area contributed by atoms with Gasteiger partial charge in [0.25, 0.3) is 0 Å². The molecule has 0 heterocycles. The largest absolute Gasteiger partial charge is 0.480 e. The molecule has 146 valence electrons. The van der Waals surface area contributed by atoms with Gasteiger partial charge in [-0.1, -0.05) is 60.7 Å². The number of halogens is 1. The van der Waals surface area contributed by atoms with Crippen LogP contribution in [-0.4, -0.2) is 34.7 Å². The van der Waals surface area contributed by atoms with E-state index < -0.39 is 5.97 Å². The van der Waals surface area contributed by atoms with Gasteiger partial charge in [-0.2, -0.15) is 0 Å². The second-order valence-electron chi connectivity index (χ2n) is 7.01. The van der Waals surface area contributed by atoms with Crippen LogP contribution in [0.2, 0.25) is 0 Å². The predicted molar refractivity (Wildman–Crippen MR) is 109 cm³/mol. The number of rotatable bonds is 8. The fourth-order valence-corrected chi connectivity index (χ4v) is 3.72. The molecule has 4 nitrogen and oxygen atoms in total. The maximum Gasteiger partial charge on any atom is 0.329 e. The molecule has 0 amide bonds. The average molecular weight is 390 g/mol. The number of hydrogen-bond donors (Lipinski definition) is 1. The highest BCUT2D eigenvalue weighted by Gasteiger charge is 2.26. The summed E-state index contributed by atoms with van der Waals surface area (Å²) in [6, 6.07) is 21.7. The van der Waals surface area contributed by atoms with Gasteiger partial charge >= 0.3 is 5.97 Å². The summed E-state index contributed by atoms with van der Waals surface area (Å²) in [6.07, 6.45) is 4.03. The van der Waals surface area contributed by atoms with Gasteiger partial charge in [-0.25, -0.2) is 4.79 Å². The molecule has 1 aliphatic carbocycles. The minimum absolute atomic E-state index is 0. The van der Waals surface area contributed by atoms with Crippen molar-refractivity contribution >= 4 is 18.4 Å². The summed E-state index contributed by atoms with van der Waals surface area (Å²) < 4.78 is 5.49. The molecule has 0 atom stereocenters. The number of nitrogens with zero attached hydrogens (tertiary/aromatic N) is 1. The quantitative estimate of drug-likeness (QED) is 0.721. The van der Waals surface area contributed by atoms with Crippen molar-refractivity contribution in [2.45, 2.75) is 50.9 Å². The second kappa shape index (κ2) is 11.1. The van der Waals surface area contributed by atoms with E-state index in [-0.39, 0.29) is 25.1 Å². The van der Waals surface area contributed by atoms with E-state index in [9.17, 15) is 4.79 Å². The van der Waals surface area contributed by atoms with E-state index in [4.69, 9.17) is 9.84 Å². The summed E-state index contributed by atoms with van der Waals surface area (Å²) in [5.74, 6) is -0.887. The van der Waals surface area contributed by atoms with Crippen LogP contribution in [0.15, 0.2) is 60.7 Å². The molecule has 1 fully saturated rings. The Bertz CT molecular complexity index is 631. The number of ether oxygens (including phenoxy) is 1. The van der Waals surface area contributed by atoms with Gasteiger partial charge in [0.1, 0.15) is 6.61 Å². The first-order valence-electron chi connectivity index (χ1n) is 9.36. The van der Waals surface area contributed by atoms with Crippen molar-refractivity contribution in [1.29, 1.82) is 0 Å². The van der Waals surface area contributed by atoms with E-state index in [0.717, 1.165) is 38.8 Å². The number of carbonyl (C=O) groups is 1. The summed E-state index contributed by atoms with van der Waals surface area (Å²) in [6.45, 7) is 1.68. The lowest BCUT2D eigenvalue weighted by Gasteiger charge is -2.37. The molecule has 5 heteroatoms. The minimum atomic E-state index is -0.887. The van der Waals surface area contributed by atoms with Gasteiger partial charge in [0, 0.05) is 19.1 Å². The number of aliphatic carboxylic acids is 1. The maximum absolute atomic E-state index is 10.7. The van der Waals surface area contributed by atoms with Crippen LogP contribution in [0.5, 0.6) is 0 Å². The Labute approximate surface area is 167 Å². The number of benzene rings is 2. The lowest BCUT2D eigenvalue weighted by molar-refractivity contribution is -0.145. The highest BCUT2D eigenvalue weighted by molar-refractivity contribution is 5.85. The van der Waals surface area contributed by atoms with Crippen molar-refractivity contribution in [1.82, 2.24) is 4.90 Å². The summed E-state index contributed by atoms with van der Waals surface area (Å²) in [7, 11) is 0. The van der Waals surface area contributed by atoms with Crippen LogP contribution >= 0.6 is 12.4 Å². The van der Waals surface area contributed by atoms with Gasteiger partial charge in [-0.05, 0) is 36.8 Å². The highest BCUT2D eigenvalue weighted by atomic mass is 35.5. The van der Waals surface area contributed by atoms with Crippen molar-refractivity contribution in [3.8, 4) is 0 Å². The molecule has 0 radical (unpaired) electrons. The van der Waals surface area contributed by atoms with Crippen LogP contribution < -0.4 is 0 Å². The second-order valence-corrected chi connectivity index (χ2v) is 7.01. The van der Waals surface area contributed by atoms with E-state index in [0.29, 0.717) is 6.04 Å². The van der Waals surface area contributed by atoms with Crippen molar-refractivity contribution in [2.75, 3.05) is 6.61 Å². The van der Waals surface area contributed by atoms with Crippen LogP contribution in [-0.2, 0) is 22.6 Å². The van der Waals surface area contributed by atoms with Gasteiger partial charge in [0.2, 0.25) is 0 Å². The molecule has 3 rings (SSSR count). The minimum Gasteiger partial charge on any atom is -0.480 e. The summed E-state index contributed by atoms with van der Waals surface area (Å²) >= 11 is 0. The lowest BCUT2D eigenvalue weighted by atomic mass is 9.91. The molecule has 1 saturated carbocycles. The first-order valence-corrected chi connectivity index (χ1v) is 9.36. The Morgan fingerprint density at radius 2 is 1.37 bits per heavy atom. The number of carboxylic acids is 1. The number of hydrogen-bond acceptors (Lipinski definition) is 3. The zero-order valence-corrected chi connectivity index (χ0v) is 16.3. The Morgan fingerprint density at radius 1 is 0.889 bits per heavy atom. The smallest absolute Gasteiger partial charge is 0.329 e. The van der Waals surface area contributed by atoms with E-state index in [1.54, 1.807) is 0 Å². The third kappa shape index (κ3) is 6.98. The summed E-state index contributed by atoms with van der Waals surface area (Å²) in [5.41, 5.74) is 2.65. The lowest BCUT2D eigenvalue weighted by Crippen LogP contribution is -2.39. The van der Waals surface area contributed by atoms with E-state index in [2.05, 4.69) is 65.6 Å². The Balaban J connectivity index is 0.00000261. The van der Waals surface area contributed by atoms with Gasteiger partial charge in [0.05, 0.1) is 6.10 Å². The fourth-order valence-electron chi connectivity index (χ4n) is 3.72. The molecule has 0 saturated heterocycles. The first kappa shape index (κ1) is 21.4. The van der Waals surface area contributed by atoms with E-state index in [1.165, 1.54) is 11.1 Å². The SMILES string of the molecule is Cl.O=C(O)CO[C@H]1CC[C@H](N(Cc2ccccc2)Cc2ccccc2)CC1. The summed E-state index contributed by atoms with van der Waals surface area (Å²) in [5, 5.41) is 8.78. The molecule has 0 bridgehead atoms. The van der Waals surface area contributed by atoms with Crippen molar-refractivity contribution in [3.63, 3.8) is 0 Å². The fraction of sp³-hybridized carbons (Fsp3) is 0.409. The van der Waals surface area contributed by atoms with Crippen LogP contribution in [0.4, 0.5) is 0 Å². The molecule has 0 spiro atoms. The molecular formula is C22H28ClNO3. The molecule has 1 aliphatic rings. The maximum atomic E-state index is 10.7. The van der Waals surface area contributed by atoms with E-state index >= 15 is 0 Å². The third-order valence-corrected chi connectivity index (χ3v) is 5.06. The van der Waals surface area contributed by atoms with Gasteiger partial charge in [-0.15, -0.1) is 12.4 Å². The third-order valence-electron chi connectivity index (χ3n) is 5.06. The highest BCUT2D eigenvalue weighted by Crippen LogP contribution is 2.27. The van der Waals surface area contributed by atoms with Crippen molar-refractivity contribution < 1.29 is 14.6 Å². The predicted octanol–water partition coefficient (Wildman–Crippen LogP) is 4.52. The molecule has 0 unspecified atom stereocenters. The number of carboxylic acid groups (broad SMARTS) is 1. The molecular weight excluding hydrogens is 362 g/mol. The van der Waals surface area contributed by atoms with Gasteiger partial charge < -0.3 is 9.84 Å². The molecule has 2 aromatic rings. The van der Waals surface area contributed by atoms with Gasteiger partial charge in [0.15, 0.2) is 0 Å². The average Bonchev–Trinajstić information content (AvgIpc) is 2.68. The zero-order chi connectivity index (χ0) is 18.2. The van der Waals surface area contributed by atoms with Crippen LogP contribution in [0.3, 0.4) is 0 Å². The molecule has 0 aliphatic heterocycles. The van der Waals surface area contributed by atoms with Crippen molar-refractivity contribution in [3.05, 3.63) is 71.8 Å². The zero-order valence-electron chi connectivity index (χ0n) is 15.5. The normalized spacial score (nSPS) is 19.4. The molecule has 0 aromatic heterocycles. The van der Waals surface area contributed by atoms with Gasteiger partial charge in [-0.3, -0.25) is 4.90 Å². The van der Waals surface area contributed by atoms with Crippen LogP contribution in [0, 0.1) is 0 Å². The Morgan fingerprint density at radius 3 is 1.81 bits per heavy atom. The van der Waals surface area contributed by atoms with Crippen molar-refractivity contribution in [2.24, 2.45) is 0 Å². The Kier molecular flexibility index (Phi) is 8.79. The standard InChI is InChI=1S/C22H27NO3.ClH/c24-22(25)17-26-21-13-11-20(12-14-21)23(15-18-7-3-1-4-8-18)16-19-9-5-2-6-10-19;/h1-10,20-21H,11-17H2,(H,24,25);1H/t20-,21-;. The van der Waals surface area contributed by atoms with Crippen LogP contribution in [0.25, 0.3) is 0 Å².